The molecule has 0 fully saturated rings. The number of esters is 1. The van der Waals surface area contributed by atoms with Crippen molar-refractivity contribution < 1.29 is 14.3 Å². The van der Waals surface area contributed by atoms with Gasteiger partial charge in [-0.3, -0.25) is 4.79 Å². The molecule has 108 valence electrons. The van der Waals surface area contributed by atoms with E-state index in [9.17, 15) is 4.79 Å². The monoisotopic (exact) mass is 287 g/mol. The number of para-hydroxylation sites is 1. The molecule has 0 atom stereocenters. The summed E-state index contributed by atoms with van der Waals surface area (Å²) in [5, 5.41) is 3.09. The largest absolute Gasteiger partial charge is 0.493 e. The molecule has 4 nitrogen and oxygen atoms in total. The molecule has 1 aromatic rings. The number of halogens is 1. The van der Waals surface area contributed by atoms with Crippen molar-refractivity contribution in [1.29, 1.82) is 0 Å². The lowest BCUT2D eigenvalue weighted by Gasteiger charge is -2.10. The van der Waals surface area contributed by atoms with Gasteiger partial charge in [0.1, 0.15) is 5.75 Å². The first-order valence-corrected chi connectivity index (χ1v) is 6.20. The summed E-state index contributed by atoms with van der Waals surface area (Å²) in [5.41, 5.74) is 0.873. The minimum absolute atomic E-state index is 0. The van der Waals surface area contributed by atoms with Crippen molar-refractivity contribution in [1.82, 2.24) is 5.32 Å². The van der Waals surface area contributed by atoms with Crippen molar-refractivity contribution in [2.24, 2.45) is 0 Å². The second-order valence-corrected chi connectivity index (χ2v) is 4.02. The van der Waals surface area contributed by atoms with Gasteiger partial charge in [-0.1, -0.05) is 18.2 Å². The third-order valence-electron chi connectivity index (χ3n) is 2.61. The topological polar surface area (TPSA) is 47.6 Å². The van der Waals surface area contributed by atoms with E-state index in [1.165, 1.54) is 7.11 Å². The van der Waals surface area contributed by atoms with E-state index in [1.54, 1.807) is 0 Å². The highest BCUT2D eigenvalue weighted by Gasteiger charge is 2.08. The van der Waals surface area contributed by atoms with Crippen molar-refractivity contribution in [3.8, 4) is 5.75 Å². The average molecular weight is 288 g/mol. The van der Waals surface area contributed by atoms with Crippen LogP contribution in [0.2, 0.25) is 0 Å². The molecule has 1 aromatic carbocycles. The Balaban J connectivity index is 0.00000324. The minimum atomic E-state index is -0.249. The fourth-order valence-electron chi connectivity index (χ4n) is 1.60. The number of methoxy groups -OCH3 is 1. The lowest BCUT2D eigenvalue weighted by molar-refractivity contribution is -0.139. The standard InChI is InChI=1S/C14H21NO3.ClH/c1-15-9-5-6-10-18-13-8-4-3-7-12(13)11-14(16)17-2;/h3-4,7-8,15H,5-6,9-11H2,1-2H3;1H. The molecule has 0 spiro atoms. The van der Waals surface area contributed by atoms with Gasteiger partial charge >= 0.3 is 5.97 Å². The lowest BCUT2D eigenvalue weighted by atomic mass is 10.1. The van der Waals surface area contributed by atoms with Crippen LogP contribution in [0.25, 0.3) is 0 Å². The van der Waals surface area contributed by atoms with Crippen LogP contribution in [0.4, 0.5) is 0 Å². The Morgan fingerprint density at radius 1 is 1.26 bits per heavy atom. The number of carbonyl (C=O) groups is 1. The van der Waals surface area contributed by atoms with E-state index in [0.29, 0.717) is 6.61 Å². The summed E-state index contributed by atoms with van der Waals surface area (Å²) < 4.78 is 10.4. The number of ether oxygens (including phenoxy) is 2. The highest BCUT2D eigenvalue weighted by atomic mass is 35.5. The molecule has 0 aliphatic heterocycles. The first-order valence-electron chi connectivity index (χ1n) is 6.20. The summed E-state index contributed by atoms with van der Waals surface area (Å²) in [4.78, 5) is 11.3. The fraction of sp³-hybridized carbons (Fsp3) is 0.500. The molecule has 0 saturated carbocycles. The van der Waals surface area contributed by atoms with Crippen LogP contribution in [0.15, 0.2) is 24.3 Å². The molecule has 19 heavy (non-hydrogen) atoms. The Bertz CT molecular complexity index is 371. The predicted molar refractivity (Wildman–Crippen MR) is 78.1 cm³/mol. The third-order valence-corrected chi connectivity index (χ3v) is 2.61. The number of nitrogens with one attached hydrogen (secondary N) is 1. The van der Waals surface area contributed by atoms with Gasteiger partial charge in [0.15, 0.2) is 0 Å². The molecule has 0 radical (unpaired) electrons. The first-order chi connectivity index (χ1) is 8.77. The molecule has 0 saturated heterocycles. The molecule has 0 unspecified atom stereocenters. The Hall–Kier alpha value is -1.26. The van der Waals surface area contributed by atoms with Crippen LogP contribution in [0.5, 0.6) is 5.75 Å². The summed E-state index contributed by atoms with van der Waals surface area (Å²) in [5.74, 6) is 0.522. The smallest absolute Gasteiger partial charge is 0.310 e. The van der Waals surface area contributed by atoms with E-state index in [1.807, 2.05) is 31.3 Å². The summed E-state index contributed by atoms with van der Waals surface area (Å²) in [6.45, 7) is 1.66. The maximum Gasteiger partial charge on any atom is 0.310 e. The molecule has 0 bridgehead atoms. The molecule has 0 aromatic heterocycles. The zero-order valence-corrected chi connectivity index (χ0v) is 12.3. The van der Waals surface area contributed by atoms with Gasteiger partial charge in [0.05, 0.1) is 20.1 Å². The Kier molecular flexibility index (Phi) is 9.94. The van der Waals surface area contributed by atoms with Crippen LogP contribution in [0, 0.1) is 0 Å². The zero-order chi connectivity index (χ0) is 13.2. The Morgan fingerprint density at radius 2 is 2.00 bits per heavy atom. The van der Waals surface area contributed by atoms with E-state index in [4.69, 9.17) is 4.74 Å². The van der Waals surface area contributed by atoms with Crippen molar-refractivity contribution in [2.75, 3.05) is 27.3 Å². The van der Waals surface area contributed by atoms with Gasteiger partial charge in [-0.15, -0.1) is 12.4 Å². The van der Waals surface area contributed by atoms with Crippen LogP contribution in [0.1, 0.15) is 18.4 Å². The molecule has 1 rings (SSSR count). The number of rotatable bonds is 8. The van der Waals surface area contributed by atoms with Crippen molar-refractivity contribution in [3.63, 3.8) is 0 Å². The minimum Gasteiger partial charge on any atom is -0.493 e. The van der Waals surface area contributed by atoms with E-state index in [-0.39, 0.29) is 24.8 Å². The van der Waals surface area contributed by atoms with Gasteiger partial charge in [0, 0.05) is 5.56 Å². The van der Waals surface area contributed by atoms with Gasteiger partial charge in [-0.25, -0.2) is 0 Å². The maximum atomic E-state index is 11.3. The van der Waals surface area contributed by atoms with Gasteiger partial charge in [-0.05, 0) is 32.5 Å². The molecule has 0 aliphatic rings. The van der Waals surface area contributed by atoms with E-state index in [2.05, 4.69) is 10.1 Å². The van der Waals surface area contributed by atoms with E-state index in [0.717, 1.165) is 30.7 Å². The van der Waals surface area contributed by atoms with E-state index < -0.39 is 0 Å². The maximum absolute atomic E-state index is 11.3. The number of carbonyl (C=O) groups excluding carboxylic acids is 1. The normalized spacial score (nSPS) is 9.58. The fourth-order valence-corrected chi connectivity index (χ4v) is 1.60. The molecule has 1 N–H and O–H groups in total. The van der Waals surface area contributed by atoms with Gasteiger partial charge in [0.2, 0.25) is 0 Å². The highest BCUT2D eigenvalue weighted by Crippen LogP contribution is 2.19. The quantitative estimate of drug-likeness (QED) is 0.588. The molecule has 5 heteroatoms. The highest BCUT2D eigenvalue weighted by molar-refractivity contribution is 5.85. The first kappa shape index (κ1) is 17.7. The molecular weight excluding hydrogens is 266 g/mol. The zero-order valence-electron chi connectivity index (χ0n) is 11.5. The number of hydrogen-bond acceptors (Lipinski definition) is 4. The van der Waals surface area contributed by atoms with Crippen LogP contribution >= 0.6 is 12.4 Å². The molecular formula is C14H22ClNO3. The second-order valence-electron chi connectivity index (χ2n) is 4.02. The van der Waals surface area contributed by atoms with Crippen LogP contribution in [-0.2, 0) is 16.0 Å². The summed E-state index contributed by atoms with van der Waals surface area (Å²) in [6.07, 6.45) is 2.33. The molecule has 0 heterocycles. The van der Waals surface area contributed by atoms with Crippen molar-refractivity contribution in [2.45, 2.75) is 19.3 Å². The number of hydrogen-bond donors (Lipinski definition) is 1. The van der Waals surface area contributed by atoms with Gasteiger partial charge < -0.3 is 14.8 Å². The average Bonchev–Trinajstić information content (AvgIpc) is 2.40. The SMILES string of the molecule is CNCCCCOc1ccccc1CC(=O)OC.Cl. The molecule has 0 aliphatic carbocycles. The van der Waals surface area contributed by atoms with Crippen LogP contribution in [-0.4, -0.2) is 33.3 Å². The Morgan fingerprint density at radius 3 is 2.68 bits per heavy atom. The van der Waals surface area contributed by atoms with E-state index >= 15 is 0 Å². The number of unbranched alkanes of at least 4 members (excludes halogenated alkanes) is 1. The van der Waals surface area contributed by atoms with Gasteiger partial charge in [0.25, 0.3) is 0 Å². The van der Waals surface area contributed by atoms with Crippen molar-refractivity contribution >= 4 is 18.4 Å². The van der Waals surface area contributed by atoms with Crippen LogP contribution < -0.4 is 10.1 Å². The Labute approximate surface area is 120 Å². The summed E-state index contributed by atoms with van der Waals surface area (Å²) >= 11 is 0. The van der Waals surface area contributed by atoms with Gasteiger partial charge in [-0.2, -0.15) is 0 Å². The van der Waals surface area contributed by atoms with Crippen LogP contribution in [0.3, 0.4) is 0 Å². The predicted octanol–water partition coefficient (Wildman–Crippen LogP) is 2.20. The molecule has 0 amide bonds. The third kappa shape index (κ3) is 7.03. The summed E-state index contributed by atoms with van der Waals surface area (Å²) in [6, 6.07) is 7.58. The number of benzene rings is 1. The summed E-state index contributed by atoms with van der Waals surface area (Å²) in [7, 11) is 3.33. The van der Waals surface area contributed by atoms with Crippen molar-refractivity contribution in [3.05, 3.63) is 29.8 Å². The second kappa shape index (κ2) is 10.6. The lowest BCUT2D eigenvalue weighted by Crippen LogP contribution is -2.10.